The van der Waals surface area contributed by atoms with Crippen molar-refractivity contribution >= 4 is 61.8 Å². The number of nitrogens with zero attached hydrogens (tertiary/aromatic N) is 4. The normalized spacial score (nSPS) is 10.9. The average molecular weight is 470 g/mol. The van der Waals surface area contributed by atoms with Gasteiger partial charge in [0.05, 0.1) is 5.75 Å². The molecule has 0 saturated heterocycles. The smallest absolute Gasteiger partial charge is 0.234 e. The Bertz CT molecular complexity index is 1220. The molecule has 0 aliphatic heterocycles. The molecule has 0 atom stereocenters. The van der Waals surface area contributed by atoms with Crippen molar-refractivity contribution in [2.45, 2.75) is 18.5 Å². The predicted molar refractivity (Wildman–Crippen MR) is 129 cm³/mol. The quantitative estimate of drug-likeness (QED) is 0.288. The third kappa shape index (κ3) is 5.33. The molecule has 0 unspecified atom stereocenters. The summed E-state index contributed by atoms with van der Waals surface area (Å²) in [4.78, 5) is 27.8. The molecule has 0 radical (unpaired) electrons. The summed E-state index contributed by atoms with van der Waals surface area (Å²) in [6.45, 7) is 2.67. The van der Waals surface area contributed by atoms with Crippen LogP contribution in [0.15, 0.2) is 59.9 Å². The fraction of sp³-hybridized carbons (Fsp3) is 0.182. The summed E-state index contributed by atoms with van der Waals surface area (Å²) in [6.07, 6.45) is 1.49. The van der Waals surface area contributed by atoms with Gasteiger partial charge in [0.1, 0.15) is 16.1 Å². The molecule has 2 aromatic heterocycles. The van der Waals surface area contributed by atoms with Gasteiger partial charge in [0.2, 0.25) is 5.91 Å². The largest absolute Gasteiger partial charge is 0.347 e. The molecule has 0 aliphatic rings. The average Bonchev–Trinajstić information content (AvgIpc) is 3.21. The van der Waals surface area contributed by atoms with Crippen LogP contribution in [0.2, 0.25) is 5.02 Å². The molecule has 0 fully saturated rings. The first-order valence-electron chi connectivity index (χ1n) is 9.55. The summed E-state index contributed by atoms with van der Waals surface area (Å²) in [5.74, 6) is 0.104. The molecule has 1 amide bonds. The number of halogens is 1. The maximum absolute atomic E-state index is 12.4. The molecule has 0 spiro atoms. The van der Waals surface area contributed by atoms with Crippen LogP contribution in [0.5, 0.6) is 0 Å². The number of thioether (sulfide) groups is 1. The van der Waals surface area contributed by atoms with Crippen LogP contribution in [-0.2, 0) is 11.3 Å². The maximum Gasteiger partial charge on any atom is 0.234 e. The second kappa shape index (κ2) is 9.64. The minimum absolute atomic E-state index is 0.123. The molecule has 1 N–H and O–H groups in total. The second-order valence-corrected chi connectivity index (χ2v) is 9.32. The van der Waals surface area contributed by atoms with Gasteiger partial charge in [-0.05, 0) is 30.2 Å². The van der Waals surface area contributed by atoms with Crippen molar-refractivity contribution in [2.24, 2.45) is 0 Å². The van der Waals surface area contributed by atoms with E-state index in [1.165, 1.54) is 35.0 Å². The fourth-order valence-corrected chi connectivity index (χ4v) is 4.95. The number of aryl methyl sites for hydroxylation is 1. The van der Waals surface area contributed by atoms with Crippen LogP contribution in [-0.4, -0.2) is 33.7 Å². The highest BCUT2D eigenvalue weighted by molar-refractivity contribution is 8.00. The van der Waals surface area contributed by atoms with Gasteiger partial charge < -0.3 is 10.2 Å². The number of hydrogen-bond donors (Lipinski definition) is 1. The van der Waals surface area contributed by atoms with Crippen LogP contribution in [0.3, 0.4) is 0 Å². The minimum atomic E-state index is -0.123. The number of hydrogen-bond acceptors (Lipinski definition) is 7. The van der Waals surface area contributed by atoms with E-state index >= 15 is 0 Å². The Morgan fingerprint density at radius 2 is 2.00 bits per heavy atom. The molecule has 0 saturated carbocycles. The van der Waals surface area contributed by atoms with Gasteiger partial charge in [-0.3, -0.25) is 4.79 Å². The van der Waals surface area contributed by atoms with Gasteiger partial charge in [0, 0.05) is 24.3 Å². The first-order chi connectivity index (χ1) is 15.0. The molecule has 31 heavy (non-hydrogen) atoms. The molecule has 0 bridgehead atoms. The third-order valence-electron chi connectivity index (χ3n) is 4.53. The number of anilines is 2. The number of fused-ring (bicyclic) bond motifs is 1. The van der Waals surface area contributed by atoms with E-state index in [0.29, 0.717) is 16.4 Å². The molecule has 2 heterocycles. The SMILES string of the molecule is Cc1ccc(NC(=O)CSc2ncnc3nc(N(C)Cc4ccccc4)sc23)cc1Cl. The van der Waals surface area contributed by atoms with E-state index in [4.69, 9.17) is 11.6 Å². The Morgan fingerprint density at radius 1 is 1.19 bits per heavy atom. The second-order valence-electron chi connectivity index (χ2n) is 6.97. The highest BCUT2D eigenvalue weighted by Gasteiger charge is 2.15. The lowest BCUT2D eigenvalue weighted by Gasteiger charge is -2.15. The summed E-state index contributed by atoms with van der Waals surface area (Å²) in [5.41, 5.74) is 3.49. The fourth-order valence-electron chi connectivity index (χ4n) is 2.92. The minimum Gasteiger partial charge on any atom is -0.347 e. The number of carbonyl (C=O) groups excluding carboxylic acids is 1. The summed E-state index contributed by atoms with van der Waals surface area (Å²) in [6, 6.07) is 15.7. The first kappa shape index (κ1) is 21.5. The van der Waals surface area contributed by atoms with Crippen LogP contribution in [0.4, 0.5) is 10.8 Å². The van der Waals surface area contributed by atoms with Gasteiger partial charge in [-0.2, -0.15) is 4.98 Å². The lowest BCUT2D eigenvalue weighted by atomic mass is 10.2. The van der Waals surface area contributed by atoms with Crippen molar-refractivity contribution in [1.82, 2.24) is 15.0 Å². The van der Waals surface area contributed by atoms with Crippen LogP contribution in [0.1, 0.15) is 11.1 Å². The number of aromatic nitrogens is 3. The van der Waals surface area contributed by atoms with E-state index in [1.807, 2.05) is 44.3 Å². The Morgan fingerprint density at radius 3 is 2.77 bits per heavy atom. The van der Waals surface area contributed by atoms with E-state index in [0.717, 1.165) is 27.0 Å². The molecule has 9 heteroatoms. The standard InChI is InChI=1S/C22H20ClN5OS2/c1-14-8-9-16(10-17(14)23)26-18(29)12-30-21-19-20(24-13-25-21)27-22(31-19)28(2)11-15-6-4-3-5-7-15/h3-10,13H,11-12H2,1-2H3,(H,26,29). The number of amides is 1. The van der Waals surface area contributed by atoms with Crippen molar-refractivity contribution in [3.8, 4) is 0 Å². The molecule has 0 aliphatic carbocycles. The van der Waals surface area contributed by atoms with Crippen LogP contribution >= 0.6 is 34.7 Å². The Balaban J connectivity index is 1.44. The highest BCUT2D eigenvalue weighted by Crippen LogP contribution is 2.33. The molecule has 2 aromatic carbocycles. The zero-order chi connectivity index (χ0) is 21.8. The highest BCUT2D eigenvalue weighted by atomic mass is 35.5. The molecule has 6 nitrogen and oxygen atoms in total. The van der Waals surface area contributed by atoms with Crippen LogP contribution in [0, 0.1) is 6.92 Å². The number of benzene rings is 2. The first-order valence-corrected chi connectivity index (χ1v) is 11.7. The van der Waals surface area contributed by atoms with E-state index in [-0.39, 0.29) is 11.7 Å². The third-order valence-corrected chi connectivity index (χ3v) is 7.22. The van der Waals surface area contributed by atoms with E-state index in [1.54, 1.807) is 6.07 Å². The van der Waals surface area contributed by atoms with Gasteiger partial charge in [-0.1, -0.05) is 71.1 Å². The molecule has 4 aromatic rings. The number of carbonyl (C=O) groups is 1. The number of thiazole rings is 1. The summed E-state index contributed by atoms with van der Waals surface area (Å²) >= 11 is 9.03. The molecule has 158 valence electrons. The summed E-state index contributed by atoms with van der Waals surface area (Å²) in [5, 5.41) is 5.11. The van der Waals surface area contributed by atoms with E-state index < -0.39 is 0 Å². The van der Waals surface area contributed by atoms with E-state index in [2.05, 4.69) is 37.3 Å². The Kier molecular flexibility index (Phi) is 6.70. The maximum atomic E-state index is 12.4. The molecular formula is C22H20ClN5OS2. The van der Waals surface area contributed by atoms with Crippen molar-refractivity contribution in [1.29, 1.82) is 0 Å². The number of nitrogens with one attached hydrogen (secondary N) is 1. The zero-order valence-corrected chi connectivity index (χ0v) is 19.4. The Hall–Kier alpha value is -2.68. The topological polar surface area (TPSA) is 71.0 Å². The summed E-state index contributed by atoms with van der Waals surface area (Å²) in [7, 11) is 2.01. The van der Waals surface area contributed by atoms with Crippen molar-refractivity contribution in [3.05, 3.63) is 71.0 Å². The molecule has 4 rings (SSSR count). The summed E-state index contributed by atoms with van der Waals surface area (Å²) < 4.78 is 0.883. The van der Waals surface area contributed by atoms with Gasteiger partial charge in [0.15, 0.2) is 10.8 Å². The molecular weight excluding hydrogens is 450 g/mol. The number of rotatable bonds is 7. The van der Waals surface area contributed by atoms with Crippen molar-refractivity contribution in [2.75, 3.05) is 23.0 Å². The Labute approximate surface area is 193 Å². The van der Waals surface area contributed by atoms with Gasteiger partial charge in [0.25, 0.3) is 0 Å². The lowest BCUT2D eigenvalue weighted by molar-refractivity contribution is -0.113. The van der Waals surface area contributed by atoms with E-state index in [9.17, 15) is 4.79 Å². The van der Waals surface area contributed by atoms with Crippen LogP contribution < -0.4 is 10.2 Å². The van der Waals surface area contributed by atoms with Gasteiger partial charge >= 0.3 is 0 Å². The van der Waals surface area contributed by atoms with Gasteiger partial charge in [-0.15, -0.1) is 0 Å². The predicted octanol–water partition coefficient (Wildman–Crippen LogP) is 5.42. The lowest BCUT2D eigenvalue weighted by Crippen LogP contribution is -2.15. The van der Waals surface area contributed by atoms with Crippen molar-refractivity contribution < 1.29 is 4.79 Å². The monoisotopic (exact) mass is 469 g/mol. The van der Waals surface area contributed by atoms with Crippen LogP contribution in [0.25, 0.3) is 10.3 Å². The van der Waals surface area contributed by atoms with Gasteiger partial charge in [-0.25, -0.2) is 9.97 Å². The van der Waals surface area contributed by atoms with Crippen molar-refractivity contribution in [3.63, 3.8) is 0 Å². The zero-order valence-electron chi connectivity index (χ0n) is 17.0.